The number of nitrogens with one attached hydrogen (secondary N) is 2. The lowest BCUT2D eigenvalue weighted by atomic mass is 10.2. The monoisotopic (exact) mass is 404 g/mol. The van der Waals surface area contributed by atoms with Crippen molar-refractivity contribution in [3.05, 3.63) is 84.4 Å². The molecule has 0 aliphatic carbocycles. The summed E-state index contributed by atoms with van der Waals surface area (Å²) in [4.78, 5) is 12.4. The van der Waals surface area contributed by atoms with Crippen LogP contribution in [0.3, 0.4) is 0 Å². The molecule has 2 N–H and O–H groups in total. The first kappa shape index (κ1) is 21.2. The van der Waals surface area contributed by atoms with Crippen molar-refractivity contribution in [2.24, 2.45) is 0 Å². The molecule has 0 aromatic heterocycles. The van der Waals surface area contributed by atoms with E-state index in [0.29, 0.717) is 24.7 Å². The zero-order valence-corrected chi connectivity index (χ0v) is 17.3. The van der Waals surface area contributed by atoms with Crippen molar-refractivity contribution in [2.75, 3.05) is 23.8 Å². The van der Waals surface area contributed by atoms with Crippen molar-refractivity contribution < 1.29 is 14.3 Å². The number of hydrogen-bond acceptors (Lipinski definition) is 4. The number of carbonyl (C=O) groups is 1. The predicted octanol–water partition coefficient (Wildman–Crippen LogP) is 5.50. The number of rotatable bonds is 11. The number of ether oxygens (including phenoxy) is 2. The van der Waals surface area contributed by atoms with Gasteiger partial charge in [-0.2, -0.15) is 0 Å². The average molecular weight is 405 g/mol. The number of hydrogen-bond donors (Lipinski definition) is 2. The van der Waals surface area contributed by atoms with E-state index in [0.717, 1.165) is 29.8 Å². The van der Waals surface area contributed by atoms with Gasteiger partial charge in [0.1, 0.15) is 18.1 Å². The highest BCUT2D eigenvalue weighted by molar-refractivity contribution is 5.94. The van der Waals surface area contributed by atoms with Gasteiger partial charge in [-0.25, -0.2) is 0 Å². The first-order valence-corrected chi connectivity index (χ1v) is 10.3. The predicted molar refractivity (Wildman–Crippen MR) is 121 cm³/mol. The van der Waals surface area contributed by atoms with Gasteiger partial charge in [0.25, 0.3) is 0 Å². The van der Waals surface area contributed by atoms with E-state index < -0.39 is 0 Å². The molecule has 3 aromatic carbocycles. The molecule has 30 heavy (non-hydrogen) atoms. The van der Waals surface area contributed by atoms with Crippen molar-refractivity contribution in [3.63, 3.8) is 0 Å². The van der Waals surface area contributed by atoms with Crippen molar-refractivity contribution in [3.8, 4) is 11.5 Å². The van der Waals surface area contributed by atoms with Gasteiger partial charge >= 0.3 is 0 Å². The second-order valence-electron chi connectivity index (χ2n) is 6.90. The molecule has 0 unspecified atom stereocenters. The zero-order chi connectivity index (χ0) is 21.0. The molecule has 0 fully saturated rings. The Morgan fingerprint density at radius 1 is 0.900 bits per heavy atom. The van der Waals surface area contributed by atoms with E-state index in [-0.39, 0.29) is 12.5 Å². The van der Waals surface area contributed by atoms with Gasteiger partial charge in [-0.15, -0.1) is 0 Å². The Balaban J connectivity index is 1.50. The van der Waals surface area contributed by atoms with Crippen molar-refractivity contribution in [2.45, 2.75) is 26.4 Å². The standard InChI is InChI=1S/C25H28N2O3/c1-2-3-16-29-24-15-8-7-14-23(24)26-18-25(28)27-21-12-9-13-22(17-21)30-19-20-10-5-4-6-11-20/h4-15,17,26H,2-3,16,18-19H2,1H3,(H,27,28). The summed E-state index contributed by atoms with van der Waals surface area (Å²) in [6, 6.07) is 25.0. The quantitative estimate of drug-likeness (QED) is 0.415. The highest BCUT2D eigenvalue weighted by atomic mass is 16.5. The molecular formula is C25H28N2O3. The van der Waals surface area contributed by atoms with Crippen molar-refractivity contribution >= 4 is 17.3 Å². The second kappa shape index (κ2) is 11.5. The van der Waals surface area contributed by atoms with Crippen LogP contribution in [0.15, 0.2) is 78.9 Å². The smallest absolute Gasteiger partial charge is 0.243 e. The lowest BCUT2D eigenvalue weighted by molar-refractivity contribution is -0.114. The highest BCUT2D eigenvalue weighted by Gasteiger charge is 2.07. The summed E-state index contributed by atoms with van der Waals surface area (Å²) < 4.78 is 11.6. The fourth-order valence-corrected chi connectivity index (χ4v) is 2.85. The molecule has 0 aliphatic rings. The third-order valence-corrected chi connectivity index (χ3v) is 4.45. The molecule has 3 rings (SSSR count). The Bertz CT molecular complexity index is 928. The fourth-order valence-electron chi connectivity index (χ4n) is 2.85. The molecule has 5 nitrogen and oxygen atoms in total. The van der Waals surface area contributed by atoms with Crippen LogP contribution >= 0.6 is 0 Å². The van der Waals surface area contributed by atoms with Gasteiger partial charge in [0.05, 0.1) is 18.8 Å². The minimum absolute atomic E-state index is 0.140. The van der Waals surface area contributed by atoms with E-state index in [2.05, 4.69) is 17.6 Å². The van der Waals surface area contributed by atoms with Crippen LogP contribution in [0.5, 0.6) is 11.5 Å². The lowest BCUT2D eigenvalue weighted by Crippen LogP contribution is -2.22. The second-order valence-corrected chi connectivity index (χ2v) is 6.90. The number of unbranched alkanes of at least 4 members (excludes halogenated alkanes) is 1. The molecule has 0 saturated carbocycles. The SMILES string of the molecule is CCCCOc1ccccc1NCC(=O)Nc1cccc(OCc2ccccc2)c1. The Labute approximate surface area is 178 Å². The maximum Gasteiger partial charge on any atom is 0.243 e. The summed E-state index contributed by atoms with van der Waals surface area (Å²) in [5.74, 6) is 1.33. The van der Waals surface area contributed by atoms with Crippen LogP contribution < -0.4 is 20.1 Å². The van der Waals surface area contributed by atoms with E-state index in [1.807, 2.05) is 78.9 Å². The third-order valence-electron chi connectivity index (χ3n) is 4.45. The number of benzene rings is 3. The summed E-state index contributed by atoms with van der Waals surface area (Å²) in [6.07, 6.45) is 2.07. The van der Waals surface area contributed by atoms with Gasteiger partial charge in [0, 0.05) is 11.8 Å². The van der Waals surface area contributed by atoms with Crippen molar-refractivity contribution in [1.29, 1.82) is 0 Å². The molecular weight excluding hydrogens is 376 g/mol. The van der Waals surface area contributed by atoms with Gasteiger partial charge < -0.3 is 20.1 Å². The summed E-state index contributed by atoms with van der Waals surface area (Å²) in [7, 11) is 0. The van der Waals surface area contributed by atoms with E-state index in [1.54, 1.807) is 0 Å². The van der Waals surface area contributed by atoms with Crippen LogP contribution in [0.4, 0.5) is 11.4 Å². The average Bonchev–Trinajstić information content (AvgIpc) is 2.78. The van der Waals surface area contributed by atoms with E-state index in [1.165, 1.54) is 0 Å². The highest BCUT2D eigenvalue weighted by Crippen LogP contribution is 2.24. The van der Waals surface area contributed by atoms with Gasteiger partial charge in [0.15, 0.2) is 0 Å². The molecule has 1 amide bonds. The summed E-state index contributed by atoms with van der Waals surface area (Å²) in [6.45, 7) is 3.41. The van der Waals surface area contributed by atoms with Crippen LogP contribution in [0.25, 0.3) is 0 Å². The van der Waals surface area contributed by atoms with E-state index >= 15 is 0 Å². The summed E-state index contributed by atoms with van der Waals surface area (Å²) in [5, 5.41) is 6.05. The first-order chi connectivity index (χ1) is 14.7. The Morgan fingerprint density at radius 3 is 2.53 bits per heavy atom. The third kappa shape index (κ3) is 6.85. The largest absolute Gasteiger partial charge is 0.491 e. The van der Waals surface area contributed by atoms with Gasteiger partial charge in [-0.05, 0) is 36.2 Å². The van der Waals surface area contributed by atoms with Crippen LogP contribution in [-0.2, 0) is 11.4 Å². The van der Waals surface area contributed by atoms with Crippen molar-refractivity contribution in [1.82, 2.24) is 0 Å². The van der Waals surface area contributed by atoms with Gasteiger partial charge in [-0.1, -0.05) is 61.9 Å². The molecule has 0 radical (unpaired) electrons. The fraction of sp³-hybridized carbons (Fsp3) is 0.240. The molecule has 0 spiro atoms. The summed E-state index contributed by atoms with van der Waals surface area (Å²) in [5.41, 5.74) is 2.60. The van der Waals surface area contributed by atoms with Crippen LogP contribution in [0, 0.1) is 0 Å². The summed E-state index contributed by atoms with van der Waals surface area (Å²) >= 11 is 0. The molecule has 5 heteroatoms. The molecule has 0 bridgehead atoms. The maximum absolute atomic E-state index is 12.4. The first-order valence-electron chi connectivity index (χ1n) is 10.3. The number of para-hydroxylation sites is 2. The number of carbonyl (C=O) groups excluding carboxylic acids is 1. The maximum atomic E-state index is 12.4. The van der Waals surface area contributed by atoms with E-state index in [9.17, 15) is 4.79 Å². The van der Waals surface area contributed by atoms with Gasteiger partial charge in [0.2, 0.25) is 5.91 Å². The Kier molecular flexibility index (Phi) is 8.15. The van der Waals surface area contributed by atoms with E-state index in [4.69, 9.17) is 9.47 Å². The minimum Gasteiger partial charge on any atom is -0.491 e. The zero-order valence-electron chi connectivity index (χ0n) is 17.3. The molecule has 0 saturated heterocycles. The van der Waals surface area contributed by atoms with Crippen LogP contribution in [0.1, 0.15) is 25.3 Å². The molecule has 0 heterocycles. The normalized spacial score (nSPS) is 10.3. The molecule has 0 atom stereocenters. The minimum atomic E-state index is -0.140. The Hall–Kier alpha value is -3.47. The Morgan fingerprint density at radius 2 is 1.70 bits per heavy atom. The lowest BCUT2D eigenvalue weighted by Gasteiger charge is -2.13. The molecule has 3 aromatic rings. The van der Waals surface area contributed by atoms with Crippen LogP contribution in [-0.4, -0.2) is 19.1 Å². The molecule has 156 valence electrons. The molecule has 0 aliphatic heterocycles. The number of anilines is 2. The topological polar surface area (TPSA) is 59.6 Å². The number of amides is 1. The van der Waals surface area contributed by atoms with Gasteiger partial charge in [-0.3, -0.25) is 4.79 Å². The van der Waals surface area contributed by atoms with Crippen LogP contribution in [0.2, 0.25) is 0 Å².